The Morgan fingerprint density at radius 1 is 1.24 bits per heavy atom. The summed E-state index contributed by atoms with van der Waals surface area (Å²) in [6.45, 7) is 1.73. The highest BCUT2D eigenvalue weighted by Crippen LogP contribution is 2.28. The molecule has 25 heavy (non-hydrogen) atoms. The van der Waals surface area contributed by atoms with Gasteiger partial charge in [-0.2, -0.15) is 0 Å². The van der Waals surface area contributed by atoms with Gasteiger partial charge >= 0.3 is 0 Å². The molecule has 0 bridgehead atoms. The van der Waals surface area contributed by atoms with Gasteiger partial charge in [-0.3, -0.25) is 9.59 Å². The third-order valence-electron chi connectivity index (χ3n) is 4.11. The van der Waals surface area contributed by atoms with E-state index in [-0.39, 0.29) is 11.7 Å². The molecule has 0 aliphatic rings. The standard InChI is InChI=1S/C19H17FN2O3/c1-12(19(24)21-15-5-3-14(20)4-6-15)22-10-13(11-23)17-9-16(25-2)7-8-18(17)22/h3-12H,1-2H3,(H,21,24). The van der Waals surface area contributed by atoms with E-state index >= 15 is 0 Å². The number of carbonyl (C=O) groups is 2. The summed E-state index contributed by atoms with van der Waals surface area (Å²) in [5.74, 6) is 0.000523. The van der Waals surface area contributed by atoms with Crippen LogP contribution < -0.4 is 10.1 Å². The lowest BCUT2D eigenvalue weighted by Crippen LogP contribution is -2.23. The van der Waals surface area contributed by atoms with Gasteiger partial charge in [0, 0.05) is 28.4 Å². The number of nitrogens with zero attached hydrogens (tertiary/aromatic N) is 1. The third kappa shape index (κ3) is 3.24. The largest absolute Gasteiger partial charge is 0.497 e. The van der Waals surface area contributed by atoms with Crippen LogP contribution in [0.5, 0.6) is 5.75 Å². The molecule has 1 atom stereocenters. The van der Waals surface area contributed by atoms with Crippen LogP contribution in [0.2, 0.25) is 0 Å². The van der Waals surface area contributed by atoms with Crippen LogP contribution in [0.1, 0.15) is 23.3 Å². The van der Waals surface area contributed by atoms with E-state index in [1.807, 2.05) is 6.07 Å². The predicted molar refractivity (Wildman–Crippen MR) is 93.6 cm³/mol. The molecule has 0 saturated heterocycles. The van der Waals surface area contributed by atoms with Crippen molar-refractivity contribution < 1.29 is 18.7 Å². The van der Waals surface area contributed by atoms with Crippen molar-refractivity contribution in [3.05, 3.63) is 60.0 Å². The quantitative estimate of drug-likeness (QED) is 0.719. The van der Waals surface area contributed by atoms with Gasteiger partial charge < -0.3 is 14.6 Å². The van der Waals surface area contributed by atoms with Crippen LogP contribution in [-0.4, -0.2) is 23.9 Å². The number of benzene rings is 2. The van der Waals surface area contributed by atoms with E-state index in [0.717, 1.165) is 17.2 Å². The summed E-state index contributed by atoms with van der Waals surface area (Å²) in [6, 6.07) is 10.3. The molecule has 1 amide bonds. The molecule has 1 unspecified atom stereocenters. The number of aromatic nitrogens is 1. The minimum Gasteiger partial charge on any atom is -0.497 e. The number of fused-ring (bicyclic) bond motifs is 1. The number of amides is 1. The summed E-state index contributed by atoms with van der Waals surface area (Å²) < 4.78 is 19.9. The first kappa shape index (κ1) is 16.7. The van der Waals surface area contributed by atoms with Crippen LogP contribution in [0.15, 0.2) is 48.7 Å². The molecular weight excluding hydrogens is 323 g/mol. The number of hydrogen-bond donors (Lipinski definition) is 1. The number of ether oxygens (including phenoxy) is 1. The summed E-state index contributed by atoms with van der Waals surface area (Å²) in [5.41, 5.74) is 1.74. The SMILES string of the molecule is COc1ccc2c(c1)c(C=O)cn2C(C)C(=O)Nc1ccc(F)cc1. The molecule has 1 N–H and O–H groups in total. The number of rotatable bonds is 5. The number of aldehydes is 1. The van der Waals surface area contributed by atoms with Crippen LogP contribution in [0, 0.1) is 5.82 Å². The Kier molecular flexibility index (Phi) is 4.52. The summed E-state index contributed by atoms with van der Waals surface area (Å²) in [4.78, 5) is 23.9. The molecule has 1 aromatic heterocycles. The molecule has 5 nitrogen and oxygen atoms in total. The van der Waals surface area contributed by atoms with Crippen molar-refractivity contribution in [2.24, 2.45) is 0 Å². The molecule has 1 heterocycles. The van der Waals surface area contributed by atoms with E-state index in [1.54, 1.807) is 36.9 Å². The van der Waals surface area contributed by atoms with Crippen LogP contribution in [0.4, 0.5) is 10.1 Å². The van der Waals surface area contributed by atoms with Crippen molar-refractivity contribution in [1.82, 2.24) is 4.57 Å². The zero-order valence-electron chi connectivity index (χ0n) is 13.8. The van der Waals surface area contributed by atoms with E-state index in [1.165, 1.54) is 24.3 Å². The Labute approximate surface area is 144 Å². The fourth-order valence-corrected chi connectivity index (χ4v) is 2.71. The molecule has 0 saturated carbocycles. The second-order valence-corrected chi connectivity index (χ2v) is 5.66. The van der Waals surface area contributed by atoms with E-state index in [9.17, 15) is 14.0 Å². The second-order valence-electron chi connectivity index (χ2n) is 5.66. The lowest BCUT2D eigenvalue weighted by Gasteiger charge is -2.15. The first-order chi connectivity index (χ1) is 12.0. The Bertz CT molecular complexity index is 932. The van der Waals surface area contributed by atoms with Crippen molar-refractivity contribution in [1.29, 1.82) is 0 Å². The van der Waals surface area contributed by atoms with Gasteiger partial charge in [-0.05, 0) is 49.4 Å². The van der Waals surface area contributed by atoms with E-state index in [2.05, 4.69) is 5.32 Å². The van der Waals surface area contributed by atoms with Crippen LogP contribution in [0.3, 0.4) is 0 Å². The van der Waals surface area contributed by atoms with Crippen molar-refractivity contribution in [3.8, 4) is 5.75 Å². The smallest absolute Gasteiger partial charge is 0.247 e. The number of hydrogen-bond acceptors (Lipinski definition) is 3. The zero-order chi connectivity index (χ0) is 18.0. The Balaban J connectivity index is 1.93. The maximum atomic E-state index is 13.0. The molecule has 128 valence electrons. The summed E-state index contributed by atoms with van der Waals surface area (Å²) in [5, 5.41) is 3.46. The van der Waals surface area contributed by atoms with Crippen molar-refractivity contribution in [3.63, 3.8) is 0 Å². The van der Waals surface area contributed by atoms with Crippen molar-refractivity contribution in [2.45, 2.75) is 13.0 Å². The Morgan fingerprint density at radius 2 is 1.96 bits per heavy atom. The molecular formula is C19H17FN2O3. The van der Waals surface area contributed by atoms with Gasteiger partial charge in [-0.15, -0.1) is 0 Å². The molecule has 0 aliphatic carbocycles. The van der Waals surface area contributed by atoms with E-state index in [0.29, 0.717) is 17.0 Å². The number of methoxy groups -OCH3 is 1. The average molecular weight is 340 g/mol. The van der Waals surface area contributed by atoms with Crippen LogP contribution in [0.25, 0.3) is 10.9 Å². The van der Waals surface area contributed by atoms with Crippen molar-refractivity contribution >= 4 is 28.8 Å². The van der Waals surface area contributed by atoms with Gasteiger partial charge in [-0.25, -0.2) is 4.39 Å². The molecule has 6 heteroatoms. The Hall–Kier alpha value is -3.15. The van der Waals surface area contributed by atoms with Gasteiger partial charge in [0.1, 0.15) is 17.6 Å². The number of halogens is 1. The fraction of sp³-hybridized carbons (Fsp3) is 0.158. The normalized spacial score (nSPS) is 12.0. The second kappa shape index (κ2) is 6.76. The maximum absolute atomic E-state index is 13.0. The molecule has 2 aromatic carbocycles. The summed E-state index contributed by atoms with van der Waals surface area (Å²) >= 11 is 0. The van der Waals surface area contributed by atoms with E-state index < -0.39 is 6.04 Å². The third-order valence-corrected chi connectivity index (χ3v) is 4.11. The monoisotopic (exact) mass is 340 g/mol. The van der Waals surface area contributed by atoms with Gasteiger partial charge in [0.15, 0.2) is 6.29 Å². The van der Waals surface area contributed by atoms with Crippen LogP contribution in [-0.2, 0) is 4.79 Å². The molecule has 0 fully saturated rings. The highest BCUT2D eigenvalue weighted by molar-refractivity contribution is 6.00. The first-order valence-electron chi connectivity index (χ1n) is 7.73. The number of carbonyl (C=O) groups excluding carboxylic acids is 2. The minimum absolute atomic E-state index is 0.267. The van der Waals surface area contributed by atoms with Gasteiger partial charge in [0.05, 0.1) is 7.11 Å². The molecule has 3 aromatic rings. The number of nitrogens with one attached hydrogen (secondary N) is 1. The summed E-state index contributed by atoms with van der Waals surface area (Å²) in [7, 11) is 1.55. The lowest BCUT2D eigenvalue weighted by atomic mass is 10.2. The zero-order valence-corrected chi connectivity index (χ0v) is 13.8. The highest BCUT2D eigenvalue weighted by atomic mass is 19.1. The highest BCUT2D eigenvalue weighted by Gasteiger charge is 2.19. The van der Waals surface area contributed by atoms with Gasteiger partial charge in [-0.1, -0.05) is 0 Å². The van der Waals surface area contributed by atoms with Crippen molar-refractivity contribution in [2.75, 3.05) is 12.4 Å². The first-order valence-corrected chi connectivity index (χ1v) is 7.73. The average Bonchev–Trinajstić information content (AvgIpc) is 3.00. The Morgan fingerprint density at radius 3 is 2.60 bits per heavy atom. The molecule has 0 radical (unpaired) electrons. The van der Waals surface area contributed by atoms with Gasteiger partial charge in [0.25, 0.3) is 0 Å². The summed E-state index contributed by atoms with van der Waals surface area (Å²) in [6.07, 6.45) is 2.40. The van der Waals surface area contributed by atoms with Crippen LogP contribution >= 0.6 is 0 Å². The van der Waals surface area contributed by atoms with E-state index in [4.69, 9.17) is 4.74 Å². The predicted octanol–water partition coefficient (Wildman–Crippen LogP) is 3.80. The minimum atomic E-state index is -0.561. The molecule has 0 spiro atoms. The fourth-order valence-electron chi connectivity index (χ4n) is 2.71. The maximum Gasteiger partial charge on any atom is 0.247 e. The number of anilines is 1. The topological polar surface area (TPSA) is 60.3 Å². The molecule has 0 aliphatic heterocycles. The van der Waals surface area contributed by atoms with Gasteiger partial charge in [0.2, 0.25) is 5.91 Å². The lowest BCUT2D eigenvalue weighted by molar-refractivity contribution is -0.118. The molecule has 3 rings (SSSR count).